The maximum absolute atomic E-state index is 9.45. The number of nitrogens with zero attached hydrogens (tertiary/aromatic N) is 1. The standard InChI is InChI=1S/C15H22Cl2N2O/c16-13-8-12(9-14(17)10-13)11-18-4-1-5-19-6-2-15(20)3-7-19/h8-10,15,18,20H,1-7,11H2. The predicted molar refractivity (Wildman–Crippen MR) is 84.5 cm³/mol. The Morgan fingerprint density at radius 1 is 1.15 bits per heavy atom. The van der Waals surface area contributed by atoms with E-state index in [1.165, 1.54) is 0 Å². The minimum Gasteiger partial charge on any atom is -0.393 e. The third-order valence-corrected chi connectivity index (χ3v) is 4.07. The van der Waals surface area contributed by atoms with Crippen LogP contribution in [0.5, 0.6) is 0 Å². The average molecular weight is 317 g/mol. The summed E-state index contributed by atoms with van der Waals surface area (Å²) in [6.07, 6.45) is 2.85. The van der Waals surface area contributed by atoms with E-state index in [-0.39, 0.29) is 6.10 Å². The summed E-state index contributed by atoms with van der Waals surface area (Å²) >= 11 is 11.9. The van der Waals surface area contributed by atoms with Gasteiger partial charge in [-0.2, -0.15) is 0 Å². The van der Waals surface area contributed by atoms with Crippen molar-refractivity contribution >= 4 is 23.2 Å². The van der Waals surface area contributed by atoms with Crippen LogP contribution in [0.25, 0.3) is 0 Å². The van der Waals surface area contributed by atoms with Crippen molar-refractivity contribution in [3.8, 4) is 0 Å². The molecule has 0 saturated carbocycles. The van der Waals surface area contributed by atoms with Crippen molar-refractivity contribution < 1.29 is 5.11 Å². The first-order valence-electron chi connectivity index (χ1n) is 7.19. The smallest absolute Gasteiger partial charge is 0.0564 e. The van der Waals surface area contributed by atoms with Crippen molar-refractivity contribution in [2.75, 3.05) is 26.2 Å². The molecule has 1 aromatic rings. The zero-order chi connectivity index (χ0) is 14.4. The van der Waals surface area contributed by atoms with Crippen LogP contribution >= 0.6 is 23.2 Å². The largest absolute Gasteiger partial charge is 0.393 e. The van der Waals surface area contributed by atoms with Gasteiger partial charge in [-0.05, 0) is 56.1 Å². The third-order valence-electron chi connectivity index (χ3n) is 3.64. The number of likely N-dealkylation sites (tertiary alicyclic amines) is 1. The highest BCUT2D eigenvalue weighted by Gasteiger charge is 2.15. The molecule has 2 N–H and O–H groups in total. The number of aliphatic hydroxyl groups is 1. The van der Waals surface area contributed by atoms with Gasteiger partial charge in [-0.25, -0.2) is 0 Å². The highest BCUT2D eigenvalue weighted by Crippen LogP contribution is 2.18. The van der Waals surface area contributed by atoms with E-state index in [1.807, 2.05) is 12.1 Å². The average Bonchev–Trinajstić information content (AvgIpc) is 2.39. The Balaban J connectivity index is 1.59. The molecule has 1 aliphatic heterocycles. The van der Waals surface area contributed by atoms with Crippen LogP contribution in [0.1, 0.15) is 24.8 Å². The molecular weight excluding hydrogens is 295 g/mol. The molecule has 0 aliphatic carbocycles. The monoisotopic (exact) mass is 316 g/mol. The lowest BCUT2D eigenvalue weighted by Crippen LogP contribution is -2.37. The molecule has 1 saturated heterocycles. The molecule has 0 unspecified atom stereocenters. The van der Waals surface area contributed by atoms with Gasteiger partial charge in [-0.15, -0.1) is 0 Å². The second-order valence-electron chi connectivity index (χ2n) is 5.38. The van der Waals surface area contributed by atoms with Gasteiger partial charge in [0.1, 0.15) is 0 Å². The zero-order valence-corrected chi connectivity index (χ0v) is 13.1. The minimum absolute atomic E-state index is 0.0862. The Labute approximate surface area is 130 Å². The van der Waals surface area contributed by atoms with Crippen LogP contribution in [0.3, 0.4) is 0 Å². The van der Waals surface area contributed by atoms with Crippen molar-refractivity contribution in [1.82, 2.24) is 10.2 Å². The molecule has 5 heteroatoms. The summed E-state index contributed by atoms with van der Waals surface area (Å²) in [5.41, 5.74) is 1.11. The summed E-state index contributed by atoms with van der Waals surface area (Å²) < 4.78 is 0. The van der Waals surface area contributed by atoms with E-state index in [9.17, 15) is 5.11 Å². The van der Waals surface area contributed by atoms with Crippen molar-refractivity contribution in [2.24, 2.45) is 0 Å². The van der Waals surface area contributed by atoms with Crippen molar-refractivity contribution in [2.45, 2.75) is 31.9 Å². The summed E-state index contributed by atoms with van der Waals surface area (Å²) in [6, 6.07) is 5.62. The van der Waals surface area contributed by atoms with E-state index in [0.717, 1.165) is 57.5 Å². The number of hydrogen-bond acceptors (Lipinski definition) is 3. The van der Waals surface area contributed by atoms with Gasteiger partial charge in [0.15, 0.2) is 0 Å². The van der Waals surface area contributed by atoms with E-state index < -0.39 is 0 Å². The van der Waals surface area contributed by atoms with Gasteiger partial charge in [0.2, 0.25) is 0 Å². The SMILES string of the molecule is OC1CCN(CCCNCc2cc(Cl)cc(Cl)c2)CC1. The zero-order valence-electron chi connectivity index (χ0n) is 11.6. The second-order valence-corrected chi connectivity index (χ2v) is 6.25. The first kappa shape index (κ1) is 16.1. The van der Waals surface area contributed by atoms with Gasteiger partial charge in [-0.3, -0.25) is 0 Å². The fourth-order valence-electron chi connectivity index (χ4n) is 2.52. The molecule has 0 amide bonds. The topological polar surface area (TPSA) is 35.5 Å². The van der Waals surface area contributed by atoms with Gasteiger partial charge >= 0.3 is 0 Å². The Morgan fingerprint density at radius 3 is 2.45 bits per heavy atom. The van der Waals surface area contributed by atoms with Crippen LogP contribution in [-0.2, 0) is 6.54 Å². The lowest BCUT2D eigenvalue weighted by atomic mass is 10.1. The summed E-state index contributed by atoms with van der Waals surface area (Å²) in [4.78, 5) is 2.42. The number of aliphatic hydroxyl groups excluding tert-OH is 1. The molecule has 0 radical (unpaired) electrons. The third kappa shape index (κ3) is 5.58. The molecule has 0 bridgehead atoms. The van der Waals surface area contributed by atoms with Gasteiger partial charge < -0.3 is 15.3 Å². The first-order chi connectivity index (χ1) is 9.63. The molecule has 1 aromatic carbocycles. The van der Waals surface area contributed by atoms with Gasteiger partial charge in [0.25, 0.3) is 0 Å². The molecular formula is C15H22Cl2N2O. The maximum Gasteiger partial charge on any atom is 0.0564 e. The van der Waals surface area contributed by atoms with E-state index in [0.29, 0.717) is 10.0 Å². The molecule has 20 heavy (non-hydrogen) atoms. The number of nitrogens with one attached hydrogen (secondary N) is 1. The Bertz CT molecular complexity index is 400. The molecule has 0 aromatic heterocycles. The van der Waals surface area contributed by atoms with Crippen molar-refractivity contribution in [3.63, 3.8) is 0 Å². The fourth-order valence-corrected chi connectivity index (χ4v) is 3.09. The fraction of sp³-hybridized carbons (Fsp3) is 0.600. The normalized spacial score (nSPS) is 17.6. The highest BCUT2D eigenvalue weighted by molar-refractivity contribution is 6.34. The van der Waals surface area contributed by atoms with Crippen LogP contribution in [-0.4, -0.2) is 42.3 Å². The molecule has 0 spiro atoms. The molecule has 2 rings (SSSR count). The van der Waals surface area contributed by atoms with Gasteiger partial charge in [0.05, 0.1) is 6.10 Å². The summed E-state index contributed by atoms with van der Waals surface area (Å²) in [5, 5.41) is 14.2. The molecule has 3 nitrogen and oxygen atoms in total. The summed E-state index contributed by atoms with van der Waals surface area (Å²) in [5.74, 6) is 0. The Hall–Kier alpha value is -0.320. The number of piperidine rings is 1. The van der Waals surface area contributed by atoms with Crippen LogP contribution in [0, 0.1) is 0 Å². The van der Waals surface area contributed by atoms with Crippen molar-refractivity contribution in [3.05, 3.63) is 33.8 Å². The van der Waals surface area contributed by atoms with E-state index >= 15 is 0 Å². The van der Waals surface area contributed by atoms with Gasteiger partial charge in [0, 0.05) is 29.7 Å². The molecule has 1 fully saturated rings. The van der Waals surface area contributed by atoms with Gasteiger partial charge in [-0.1, -0.05) is 23.2 Å². The van der Waals surface area contributed by atoms with E-state index in [4.69, 9.17) is 23.2 Å². The summed E-state index contributed by atoms with van der Waals surface area (Å²) in [6.45, 7) is 4.90. The van der Waals surface area contributed by atoms with Crippen molar-refractivity contribution in [1.29, 1.82) is 0 Å². The molecule has 0 atom stereocenters. The number of halogens is 2. The van der Waals surface area contributed by atoms with Crippen LogP contribution in [0.2, 0.25) is 10.0 Å². The highest BCUT2D eigenvalue weighted by atomic mass is 35.5. The molecule has 112 valence electrons. The molecule has 1 heterocycles. The van der Waals surface area contributed by atoms with Crippen LogP contribution in [0.15, 0.2) is 18.2 Å². The summed E-state index contributed by atoms with van der Waals surface area (Å²) in [7, 11) is 0. The van der Waals surface area contributed by atoms with Crippen LogP contribution in [0.4, 0.5) is 0 Å². The second kappa shape index (κ2) is 8.20. The Kier molecular flexibility index (Phi) is 6.59. The predicted octanol–water partition coefficient (Wildman–Crippen LogP) is 2.93. The number of hydrogen-bond donors (Lipinski definition) is 2. The van der Waals surface area contributed by atoms with E-state index in [1.54, 1.807) is 6.07 Å². The quantitative estimate of drug-likeness (QED) is 0.792. The lowest BCUT2D eigenvalue weighted by molar-refractivity contribution is 0.0821. The lowest BCUT2D eigenvalue weighted by Gasteiger charge is -2.29. The number of rotatable bonds is 6. The molecule has 1 aliphatic rings. The first-order valence-corrected chi connectivity index (χ1v) is 7.95. The Morgan fingerprint density at radius 2 is 1.80 bits per heavy atom. The van der Waals surface area contributed by atoms with E-state index in [2.05, 4.69) is 10.2 Å². The van der Waals surface area contributed by atoms with Crippen LogP contribution < -0.4 is 5.32 Å². The number of benzene rings is 1. The minimum atomic E-state index is -0.0862. The maximum atomic E-state index is 9.45.